The molecule has 0 aromatic heterocycles. The number of aryl methyl sites for hydroxylation is 3. The van der Waals surface area contributed by atoms with Crippen molar-refractivity contribution in [3.05, 3.63) is 34.4 Å². The van der Waals surface area contributed by atoms with Crippen LogP contribution < -0.4 is 0 Å². The Balaban J connectivity index is 2.20. The summed E-state index contributed by atoms with van der Waals surface area (Å²) in [7, 11) is 0. The van der Waals surface area contributed by atoms with Crippen LogP contribution in [0.4, 0.5) is 0 Å². The molecule has 1 rings (SSSR count). The van der Waals surface area contributed by atoms with Crippen LogP contribution in [0.1, 0.15) is 87.0 Å². The highest BCUT2D eigenvalue weighted by molar-refractivity contribution is 5.45. The average Bonchev–Trinajstić information content (AvgIpc) is 2.46. The van der Waals surface area contributed by atoms with Gasteiger partial charge in [0.25, 0.3) is 0 Å². The smallest absolute Gasteiger partial charge is 0.0277 e. The van der Waals surface area contributed by atoms with Gasteiger partial charge in [-0.1, -0.05) is 69.8 Å². The molecule has 0 aliphatic rings. The van der Waals surface area contributed by atoms with E-state index in [1.165, 1.54) is 73.6 Å². The van der Waals surface area contributed by atoms with Crippen molar-refractivity contribution in [2.75, 3.05) is 0 Å². The van der Waals surface area contributed by atoms with E-state index in [1.54, 1.807) is 0 Å². The average molecular weight is 284 g/mol. The summed E-state index contributed by atoms with van der Waals surface area (Å²) in [5.41, 5.74) is 5.22. The monoisotopic (exact) mass is 284 g/mol. The SMILES string of the molecule is CCCCCCCCCCC#Cc1cc(C)c(C)cc1C. The number of benzene rings is 1. The molecule has 0 fully saturated rings. The molecule has 0 aliphatic carbocycles. The lowest BCUT2D eigenvalue weighted by Crippen LogP contribution is -1.88. The van der Waals surface area contributed by atoms with Crippen LogP contribution in [0.5, 0.6) is 0 Å². The molecule has 0 nitrogen and oxygen atoms in total. The van der Waals surface area contributed by atoms with Gasteiger partial charge in [0.1, 0.15) is 0 Å². The van der Waals surface area contributed by atoms with Crippen molar-refractivity contribution in [2.45, 2.75) is 85.5 Å². The normalized spacial score (nSPS) is 10.3. The third kappa shape index (κ3) is 7.37. The van der Waals surface area contributed by atoms with Gasteiger partial charge in [0.2, 0.25) is 0 Å². The lowest BCUT2D eigenvalue weighted by Gasteiger charge is -2.04. The molecule has 0 atom stereocenters. The first-order valence-corrected chi connectivity index (χ1v) is 8.72. The molecular formula is C21H32. The van der Waals surface area contributed by atoms with E-state index >= 15 is 0 Å². The summed E-state index contributed by atoms with van der Waals surface area (Å²) in [5, 5.41) is 0. The molecule has 0 spiro atoms. The minimum atomic E-state index is 1.04. The molecule has 0 saturated carbocycles. The fraction of sp³-hybridized carbons (Fsp3) is 0.619. The third-order valence-corrected chi connectivity index (χ3v) is 4.22. The lowest BCUT2D eigenvalue weighted by atomic mass is 10.0. The molecule has 1 aromatic carbocycles. The molecule has 21 heavy (non-hydrogen) atoms. The minimum absolute atomic E-state index is 1.04. The predicted molar refractivity (Wildman–Crippen MR) is 94.8 cm³/mol. The fourth-order valence-electron chi connectivity index (χ4n) is 2.60. The summed E-state index contributed by atoms with van der Waals surface area (Å²) in [5.74, 6) is 6.70. The second kappa shape index (κ2) is 10.5. The van der Waals surface area contributed by atoms with Gasteiger partial charge in [0.15, 0.2) is 0 Å². The van der Waals surface area contributed by atoms with E-state index in [-0.39, 0.29) is 0 Å². The Hall–Kier alpha value is -1.22. The van der Waals surface area contributed by atoms with Gasteiger partial charge in [0.05, 0.1) is 0 Å². The number of hydrogen-bond acceptors (Lipinski definition) is 0. The van der Waals surface area contributed by atoms with E-state index in [1.807, 2.05) is 0 Å². The summed E-state index contributed by atoms with van der Waals surface area (Å²) >= 11 is 0. The van der Waals surface area contributed by atoms with E-state index in [0.717, 1.165) is 6.42 Å². The van der Waals surface area contributed by atoms with Gasteiger partial charge in [0, 0.05) is 12.0 Å². The zero-order valence-corrected chi connectivity index (χ0v) is 14.5. The van der Waals surface area contributed by atoms with Crippen molar-refractivity contribution < 1.29 is 0 Å². The van der Waals surface area contributed by atoms with Crippen LogP contribution in [0.3, 0.4) is 0 Å². The predicted octanol–water partition coefficient (Wildman–Crippen LogP) is 6.49. The lowest BCUT2D eigenvalue weighted by molar-refractivity contribution is 0.579. The summed E-state index contributed by atoms with van der Waals surface area (Å²) in [4.78, 5) is 0. The highest BCUT2D eigenvalue weighted by Gasteiger charge is 1.98. The molecule has 1 aromatic rings. The molecule has 0 N–H and O–H groups in total. The fourth-order valence-corrected chi connectivity index (χ4v) is 2.60. The topological polar surface area (TPSA) is 0 Å². The second-order valence-corrected chi connectivity index (χ2v) is 6.28. The first-order valence-electron chi connectivity index (χ1n) is 8.72. The Morgan fingerprint density at radius 1 is 0.714 bits per heavy atom. The van der Waals surface area contributed by atoms with Crippen molar-refractivity contribution in [1.29, 1.82) is 0 Å². The van der Waals surface area contributed by atoms with Crippen molar-refractivity contribution in [1.82, 2.24) is 0 Å². The van der Waals surface area contributed by atoms with E-state index in [9.17, 15) is 0 Å². The highest BCUT2D eigenvalue weighted by atomic mass is 14.0. The Kier molecular flexibility index (Phi) is 8.91. The first kappa shape index (κ1) is 17.8. The summed E-state index contributed by atoms with van der Waals surface area (Å²) in [6.07, 6.45) is 12.0. The van der Waals surface area contributed by atoms with Crippen LogP contribution in [0.25, 0.3) is 0 Å². The molecular weight excluding hydrogens is 252 g/mol. The molecule has 0 heteroatoms. The highest BCUT2D eigenvalue weighted by Crippen LogP contribution is 2.14. The number of rotatable bonds is 8. The van der Waals surface area contributed by atoms with Crippen LogP contribution in [-0.2, 0) is 0 Å². The van der Waals surface area contributed by atoms with Crippen molar-refractivity contribution in [2.24, 2.45) is 0 Å². The zero-order valence-electron chi connectivity index (χ0n) is 14.5. The Bertz CT molecular complexity index is 471. The molecule has 0 saturated heterocycles. The summed E-state index contributed by atoms with van der Waals surface area (Å²) in [6, 6.07) is 4.47. The van der Waals surface area contributed by atoms with Crippen molar-refractivity contribution in [3.63, 3.8) is 0 Å². The van der Waals surface area contributed by atoms with E-state index in [4.69, 9.17) is 0 Å². The maximum atomic E-state index is 3.35. The van der Waals surface area contributed by atoms with Crippen LogP contribution >= 0.6 is 0 Å². The quantitative estimate of drug-likeness (QED) is 0.378. The molecule has 0 heterocycles. The summed E-state index contributed by atoms with van der Waals surface area (Å²) < 4.78 is 0. The second-order valence-electron chi connectivity index (χ2n) is 6.28. The number of unbranched alkanes of at least 4 members (excludes halogenated alkanes) is 8. The van der Waals surface area contributed by atoms with Crippen molar-refractivity contribution >= 4 is 0 Å². The van der Waals surface area contributed by atoms with Crippen molar-refractivity contribution in [3.8, 4) is 11.8 Å². The standard InChI is InChI=1S/C21H32/c1-5-6-7-8-9-10-11-12-13-14-15-21-17-19(3)18(2)16-20(21)4/h16-17H,5-13H2,1-4H3. The van der Waals surface area contributed by atoms with E-state index < -0.39 is 0 Å². The Morgan fingerprint density at radius 2 is 1.29 bits per heavy atom. The van der Waals surface area contributed by atoms with Gasteiger partial charge < -0.3 is 0 Å². The Morgan fingerprint density at radius 3 is 1.95 bits per heavy atom. The van der Waals surface area contributed by atoms with Gasteiger partial charge in [-0.25, -0.2) is 0 Å². The van der Waals surface area contributed by atoms with Gasteiger partial charge >= 0.3 is 0 Å². The first-order chi connectivity index (χ1) is 10.1. The molecule has 0 unspecified atom stereocenters. The van der Waals surface area contributed by atoms with E-state index in [0.29, 0.717) is 0 Å². The molecule has 0 bridgehead atoms. The summed E-state index contributed by atoms with van der Waals surface area (Å²) in [6.45, 7) is 8.77. The van der Waals surface area contributed by atoms with Crippen LogP contribution in [0, 0.1) is 32.6 Å². The van der Waals surface area contributed by atoms with Crippen LogP contribution in [0.15, 0.2) is 12.1 Å². The number of hydrogen-bond donors (Lipinski definition) is 0. The Labute approximate surface area is 132 Å². The van der Waals surface area contributed by atoms with Crippen LogP contribution in [-0.4, -0.2) is 0 Å². The van der Waals surface area contributed by atoms with Gasteiger partial charge in [-0.15, -0.1) is 0 Å². The largest absolute Gasteiger partial charge is 0.0979 e. The van der Waals surface area contributed by atoms with Crippen LogP contribution in [0.2, 0.25) is 0 Å². The third-order valence-electron chi connectivity index (χ3n) is 4.22. The minimum Gasteiger partial charge on any atom is -0.0979 e. The van der Waals surface area contributed by atoms with Gasteiger partial charge in [-0.2, -0.15) is 0 Å². The maximum Gasteiger partial charge on any atom is 0.0277 e. The van der Waals surface area contributed by atoms with Gasteiger partial charge in [-0.3, -0.25) is 0 Å². The molecule has 116 valence electrons. The molecule has 0 aliphatic heterocycles. The maximum absolute atomic E-state index is 3.35. The van der Waals surface area contributed by atoms with E-state index in [2.05, 4.69) is 51.7 Å². The molecule has 0 radical (unpaired) electrons. The van der Waals surface area contributed by atoms with Gasteiger partial charge in [-0.05, 0) is 49.9 Å². The molecule has 0 amide bonds. The zero-order chi connectivity index (χ0) is 15.5.